The van der Waals surface area contributed by atoms with Gasteiger partial charge in [-0.2, -0.15) is 0 Å². The van der Waals surface area contributed by atoms with Crippen molar-refractivity contribution in [2.75, 3.05) is 43.0 Å². The number of hydrogen-bond donors (Lipinski definition) is 1. The second kappa shape index (κ2) is 9.66. The summed E-state index contributed by atoms with van der Waals surface area (Å²) in [5.74, 6) is 1.29. The summed E-state index contributed by atoms with van der Waals surface area (Å²) >= 11 is 0. The van der Waals surface area contributed by atoms with E-state index in [2.05, 4.69) is 20.3 Å². The van der Waals surface area contributed by atoms with Crippen LogP contribution in [0.1, 0.15) is 10.5 Å². The number of nitrogens with one attached hydrogen (secondary N) is 1. The van der Waals surface area contributed by atoms with E-state index in [-0.39, 0.29) is 24.1 Å². The molecule has 3 heterocycles. The zero-order valence-corrected chi connectivity index (χ0v) is 16.8. The second-order valence-corrected chi connectivity index (χ2v) is 6.90. The molecule has 4 rings (SSSR count). The standard InChI is InChI=1S/C22H22N6O3/c29-21(16-31-17-6-2-1-3-7-17)28-12-10-27(11-13-28)20-15-23-14-18(25-20)22(30)26-19-8-4-5-9-24-19/h1-9,14-15H,10-13,16H2,(H,24,26,30). The van der Waals surface area contributed by atoms with E-state index in [9.17, 15) is 9.59 Å². The van der Waals surface area contributed by atoms with E-state index < -0.39 is 0 Å². The van der Waals surface area contributed by atoms with Gasteiger partial charge in [-0.1, -0.05) is 24.3 Å². The zero-order chi connectivity index (χ0) is 21.5. The van der Waals surface area contributed by atoms with Crippen molar-refractivity contribution in [3.63, 3.8) is 0 Å². The molecule has 1 N–H and O–H groups in total. The topological polar surface area (TPSA) is 101 Å². The lowest BCUT2D eigenvalue weighted by Gasteiger charge is -2.35. The first-order chi connectivity index (χ1) is 15.2. The summed E-state index contributed by atoms with van der Waals surface area (Å²) in [7, 11) is 0. The van der Waals surface area contributed by atoms with Crippen LogP contribution >= 0.6 is 0 Å². The fourth-order valence-corrected chi connectivity index (χ4v) is 3.17. The lowest BCUT2D eigenvalue weighted by molar-refractivity contribution is -0.133. The predicted molar refractivity (Wildman–Crippen MR) is 115 cm³/mol. The van der Waals surface area contributed by atoms with Crippen LogP contribution in [0.5, 0.6) is 5.75 Å². The Kier molecular flexibility index (Phi) is 6.32. The molecule has 31 heavy (non-hydrogen) atoms. The number of aromatic nitrogens is 3. The number of carbonyl (C=O) groups excluding carboxylic acids is 2. The molecule has 9 nitrogen and oxygen atoms in total. The Bertz CT molecular complexity index is 1020. The second-order valence-electron chi connectivity index (χ2n) is 6.90. The SMILES string of the molecule is O=C(Nc1ccccn1)c1cncc(N2CCN(C(=O)COc3ccccc3)CC2)n1. The molecule has 2 aromatic heterocycles. The molecule has 9 heteroatoms. The molecule has 158 valence electrons. The van der Waals surface area contributed by atoms with Gasteiger partial charge in [0, 0.05) is 32.4 Å². The smallest absolute Gasteiger partial charge is 0.277 e. The molecule has 0 bridgehead atoms. The molecule has 2 amide bonds. The van der Waals surface area contributed by atoms with Crippen LogP contribution in [0.4, 0.5) is 11.6 Å². The summed E-state index contributed by atoms with van der Waals surface area (Å²) < 4.78 is 5.55. The monoisotopic (exact) mass is 418 g/mol. The number of nitrogens with zero attached hydrogens (tertiary/aromatic N) is 5. The first-order valence-electron chi connectivity index (χ1n) is 9.94. The number of piperazine rings is 1. The number of pyridine rings is 1. The summed E-state index contributed by atoms with van der Waals surface area (Å²) in [5, 5.41) is 2.70. The molecule has 1 aliphatic rings. The summed E-state index contributed by atoms with van der Waals surface area (Å²) in [6.45, 7) is 2.28. The molecular weight excluding hydrogens is 396 g/mol. The van der Waals surface area contributed by atoms with Gasteiger partial charge in [0.05, 0.1) is 12.4 Å². The van der Waals surface area contributed by atoms with E-state index in [1.54, 1.807) is 35.5 Å². The number of rotatable bonds is 6. The Morgan fingerprint density at radius 3 is 2.48 bits per heavy atom. The molecule has 0 radical (unpaired) electrons. The summed E-state index contributed by atoms with van der Waals surface area (Å²) in [6.07, 6.45) is 4.64. The van der Waals surface area contributed by atoms with E-state index in [4.69, 9.17) is 4.74 Å². The molecule has 1 fully saturated rings. The van der Waals surface area contributed by atoms with Crippen molar-refractivity contribution < 1.29 is 14.3 Å². The predicted octanol–water partition coefficient (Wildman–Crippen LogP) is 1.85. The van der Waals surface area contributed by atoms with Gasteiger partial charge in [-0.05, 0) is 24.3 Å². The number of hydrogen-bond acceptors (Lipinski definition) is 7. The van der Waals surface area contributed by atoms with E-state index in [1.807, 2.05) is 35.2 Å². The highest BCUT2D eigenvalue weighted by Gasteiger charge is 2.23. The first-order valence-corrected chi connectivity index (χ1v) is 9.94. The highest BCUT2D eigenvalue weighted by Crippen LogP contribution is 2.15. The number of benzene rings is 1. The normalized spacial score (nSPS) is 13.5. The Balaban J connectivity index is 1.31. The van der Waals surface area contributed by atoms with Crippen LogP contribution in [0.3, 0.4) is 0 Å². The van der Waals surface area contributed by atoms with Crippen molar-refractivity contribution in [2.24, 2.45) is 0 Å². The summed E-state index contributed by atoms with van der Waals surface area (Å²) in [4.78, 5) is 41.3. The van der Waals surface area contributed by atoms with E-state index in [1.165, 1.54) is 6.20 Å². The molecule has 0 unspecified atom stereocenters. The largest absolute Gasteiger partial charge is 0.484 e. The maximum absolute atomic E-state index is 12.4. The fourth-order valence-electron chi connectivity index (χ4n) is 3.17. The number of para-hydroxylation sites is 1. The summed E-state index contributed by atoms with van der Waals surface area (Å²) in [5.41, 5.74) is 0.206. The Morgan fingerprint density at radius 2 is 1.74 bits per heavy atom. The third kappa shape index (κ3) is 5.33. The van der Waals surface area contributed by atoms with Gasteiger partial charge in [-0.3, -0.25) is 14.6 Å². The van der Waals surface area contributed by atoms with E-state index in [0.717, 1.165) is 0 Å². The van der Waals surface area contributed by atoms with Gasteiger partial charge in [-0.15, -0.1) is 0 Å². The van der Waals surface area contributed by atoms with Gasteiger partial charge in [0.25, 0.3) is 11.8 Å². The Hall–Kier alpha value is -4.01. The van der Waals surface area contributed by atoms with Crippen LogP contribution in [0.25, 0.3) is 0 Å². The first kappa shape index (κ1) is 20.3. The maximum Gasteiger partial charge on any atom is 0.277 e. The van der Waals surface area contributed by atoms with E-state index >= 15 is 0 Å². The zero-order valence-electron chi connectivity index (χ0n) is 16.8. The quantitative estimate of drug-likeness (QED) is 0.652. The van der Waals surface area contributed by atoms with Crippen molar-refractivity contribution >= 4 is 23.5 Å². The molecule has 0 atom stereocenters. The van der Waals surface area contributed by atoms with Crippen molar-refractivity contribution in [2.45, 2.75) is 0 Å². The van der Waals surface area contributed by atoms with Crippen LogP contribution in [-0.4, -0.2) is 64.5 Å². The van der Waals surface area contributed by atoms with Crippen LogP contribution in [-0.2, 0) is 4.79 Å². The highest BCUT2D eigenvalue weighted by molar-refractivity contribution is 6.02. The van der Waals surface area contributed by atoms with Crippen LogP contribution < -0.4 is 15.0 Å². The van der Waals surface area contributed by atoms with Crippen LogP contribution in [0, 0.1) is 0 Å². The number of anilines is 2. The molecule has 3 aromatic rings. The van der Waals surface area contributed by atoms with Crippen molar-refractivity contribution in [3.05, 3.63) is 72.8 Å². The van der Waals surface area contributed by atoms with Gasteiger partial charge in [0.2, 0.25) is 0 Å². The maximum atomic E-state index is 12.4. The third-order valence-electron chi connectivity index (χ3n) is 4.82. The lowest BCUT2D eigenvalue weighted by Crippen LogP contribution is -2.50. The molecule has 0 spiro atoms. The fraction of sp³-hybridized carbons (Fsp3) is 0.227. The molecule has 1 aromatic carbocycles. The van der Waals surface area contributed by atoms with Crippen molar-refractivity contribution in [1.82, 2.24) is 19.9 Å². The molecular formula is C22H22N6O3. The summed E-state index contributed by atoms with van der Waals surface area (Å²) in [6, 6.07) is 14.5. The van der Waals surface area contributed by atoms with Crippen LogP contribution in [0.2, 0.25) is 0 Å². The molecule has 1 aliphatic heterocycles. The number of amides is 2. The van der Waals surface area contributed by atoms with Gasteiger partial charge < -0.3 is 19.9 Å². The average molecular weight is 418 g/mol. The van der Waals surface area contributed by atoms with Crippen LogP contribution in [0.15, 0.2) is 67.1 Å². The molecule has 0 aliphatic carbocycles. The van der Waals surface area contributed by atoms with E-state index in [0.29, 0.717) is 43.6 Å². The van der Waals surface area contributed by atoms with Gasteiger partial charge in [0.15, 0.2) is 6.61 Å². The van der Waals surface area contributed by atoms with Crippen molar-refractivity contribution in [1.29, 1.82) is 0 Å². The Labute approximate surface area is 179 Å². The molecule has 1 saturated heterocycles. The minimum absolute atomic E-state index is 0.00694. The van der Waals surface area contributed by atoms with Gasteiger partial charge >= 0.3 is 0 Å². The average Bonchev–Trinajstić information content (AvgIpc) is 2.84. The lowest BCUT2D eigenvalue weighted by atomic mass is 10.3. The Morgan fingerprint density at radius 1 is 0.968 bits per heavy atom. The highest BCUT2D eigenvalue weighted by atomic mass is 16.5. The number of ether oxygens (including phenoxy) is 1. The third-order valence-corrected chi connectivity index (χ3v) is 4.82. The minimum atomic E-state index is -0.375. The van der Waals surface area contributed by atoms with Gasteiger partial charge in [-0.25, -0.2) is 9.97 Å². The van der Waals surface area contributed by atoms with Gasteiger partial charge in [0.1, 0.15) is 23.1 Å². The van der Waals surface area contributed by atoms with Crippen molar-refractivity contribution in [3.8, 4) is 5.75 Å². The minimum Gasteiger partial charge on any atom is -0.484 e. The number of carbonyl (C=O) groups is 2. The molecule has 0 saturated carbocycles.